The van der Waals surface area contributed by atoms with Gasteiger partial charge in [-0.15, -0.1) is 5.53 Å². The van der Waals surface area contributed by atoms with Crippen LogP contribution in [0.1, 0.15) is 49.7 Å². The van der Waals surface area contributed by atoms with Gasteiger partial charge in [-0.25, -0.2) is 10.0 Å². The third-order valence-corrected chi connectivity index (χ3v) is 8.11. The summed E-state index contributed by atoms with van der Waals surface area (Å²) in [5, 5.41) is 12.0. The van der Waals surface area contributed by atoms with Gasteiger partial charge in [-0.1, -0.05) is 30.3 Å². The largest absolute Gasteiger partial charge is 0.346 e. The molecule has 1 saturated heterocycles. The number of aliphatic imine (C=N–C) groups is 1. The van der Waals surface area contributed by atoms with Crippen LogP contribution in [0.3, 0.4) is 0 Å². The number of aromatic amines is 1. The number of allylic oxidation sites excluding steroid dienone is 1. The minimum Gasteiger partial charge on any atom is -0.346 e. The molecule has 0 unspecified atom stereocenters. The Morgan fingerprint density at radius 1 is 1.06 bits per heavy atom. The smallest absolute Gasteiger partial charge is 0.141 e. The lowest BCUT2D eigenvalue weighted by Crippen LogP contribution is -2.44. The lowest BCUT2D eigenvalue weighted by atomic mass is 9.73. The number of nitriles is 1. The predicted octanol–water partition coefficient (Wildman–Crippen LogP) is 4.05. The van der Waals surface area contributed by atoms with Crippen LogP contribution in [-0.2, 0) is 5.41 Å². The fourth-order valence-electron chi connectivity index (χ4n) is 6.13. The summed E-state index contributed by atoms with van der Waals surface area (Å²) in [6, 6.07) is 15.2. The Bertz CT molecular complexity index is 1090. The van der Waals surface area contributed by atoms with Gasteiger partial charge in [0, 0.05) is 24.2 Å². The molecule has 7 nitrogen and oxygen atoms in total. The van der Waals surface area contributed by atoms with E-state index in [2.05, 4.69) is 62.2 Å². The lowest BCUT2D eigenvalue weighted by Gasteiger charge is -2.40. The van der Waals surface area contributed by atoms with E-state index < -0.39 is 0 Å². The van der Waals surface area contributed by atoms with Crippen molar-refractivity contribution in [3.63, 3.8) is 0 Å². The van der Waals surface area contributed by atoms with E-state index in [4.69, 9.17) is 0 Å². The molecule has 4 aliphatic rings. The number of H-pyrrole nitrogens is 1. The SMILES string of the molecule is N#CC1(c2ccccc2)CCN(CC2CCC(C3=C4c5cc[nH]c5N=CN4NN3)CC2)CC1. The molecule has 3 aliphatic heterocycles. The molecule has 6 rings (SSSR count). The molecule has 3 N–H and O–H groups in total. The molecule has 33 heavy (non-hydrogen) atoms. The summed E-state index contributed by atoms with van der Waals surface area (Å²) in [4.78, 5) is 10.3. The average molecular weight is 442 g/mol. The molecular weight excluding hydrogens is 410 g/mol. The first kappa shape index (κ1) is 20.5. The number of aromatic nitrogens is 1. The molecule has 2 fully saturated rings. The zero-order valence-corrected chi connectivity index (χ0v) is 18.9. The van der Waals surface area contributed by atoms with Gasteiger partial charge in [0.1, 0.15) is 12.2 Å². The van der Waals surface area contributed by atoms with Gasteiger partial charge in [0.05, 0.1) is 22.9 Å². The van der Waals surface area contributed by atoms with Crippen molar-refractivity contribution >= 4 is 17.9 Å². The molecule has 1 aliphatic carbocycles. The van der Waals surface area contributed by atoms with E-state index in [1.807, 2.05) is 23.6 Å². The van der Waals surface area contributed by atoms with Gasteiger partial charge in [0.25, 0.3) is 0 Å². The highest BCUT2D eigenvalue weighted by molar-refractivity contribution is 5.87. The van der Waals surface area contributed by atoms with Crippen molar-refractivity contribution in [1.29, 1.82) is 5.26 Å². The van der Waals surface area contributed by atoms with Crippen molar-refractivity contribution in [3.8, 4) is 6.07 Å². The van der Waals surface area contributed by atoms with Gasteiger partial charge in [-0.05, 0) is 69.2 Å². The average Bonchev–Trinajstić information content (AvgIpc) is 3.53. The third kappa shape index (κ3) is 3.64. The fourth-order valence-corrected chi connectivity index (χ4v) is 6.13. The van der Waals surface area contributed by atoms with Crippen molar-refractivity contribution < 1.29 is 0 Å². The van der Waals surface area contributed by atoms with Crippen LogP contribution < -0.4 is 11.0 Å². The van der Waals surface area contributed by atoms with Crippen molar-refractivity contribution in [1.82, 2.24) is 25.9 Å². The summed E-state index contributed by atoms with van der Waals surface area (Å²) < 4.78 is 0. The van der Waals surface area contributed by atoms with E-state index in [-0.39, 0.29) is 5.41 Å². The quantitative estimate of drug-likeness (QED) is 0.667. The minimum atomic E-state index is -0.309. The molecule has 1 aromatic heterocycles. The van der Waals surface area contributed by atoms with E-state index in [1.54, 1.807) is 0 Å². The standard InChI is InChI=1S/C26H31N7/c27-17-26(21-4-2-1-3-5-21)11-14-32(15-12-26)16-19-6-8-20(9-7-19)23-24-22-10-13-28-25(22)29-18-33(24)31-30-23/h1-5,10,13,18-20,28,30-31H,6-9,11-12,14-16H2. The predicted molar refractivity (Wildman–Crippen MR) is 129 cm³/mol. The normalized spacial score (nSPS) is 26.5. The summed E-state index contributed by atoms with van der Waals surface area (Å²) in [7, 11) is 0. The molecule has 4 heterocycles. The topological polar surface area (TPSA) is 82.5 Å². The highest BCUT2D eigenvalue weighted by Gasteiger charge is 2.38. The van der Waals surface area contributed by atoms with Gasteiger partial charge in [0.15, 0.2) is 0 Å². The Hall–Kier alpha value is -3.08. The summed E-state index contributed by atoms with van der Waals surface area (Å²) >= 11 is 0. The lowest BCUT2D eigenvalue weighted by molar-refractivity contribution is 0.140. The fraction of sp³-hybridized carbons (Fsp3) is 0.462. The van der Waals surface area contributed by atoms with Gasteiger partial charge in [-0.3, -0.25) is 0 Å². The van der Waals surface area contributed by atoms with Gasteiger partial charge in [-0.2, -0.15) is 5.26 Å². The molecule has 0 bridgehead atoms. The first-order chi connectivity index (χ1) is 16.3. The molecule has 1 saturated carbocycles. The molecule has 170 valence electrons. The van der Waals surface area contributed by atoms with Crippen LogP contribution in [0.5, 0.6) is 0 Å². The van der Waals surface area contributed by atoms with Crippen LogP contribution in [0.25, 0.3) is 5.70 Å². The Balaban J connectivity index is 1.06. The molecule has 2 aromatic rings. The Labute approximate surface area is 195 Å². The van der Waals surface area contributed by atoms with E-state index in [1.165, 1.54) is 54.7 Å². The number of piperidine rings is 1. The second-order valence-corrected chi connectivity index (χ2v) is 9.93. The van der Waals surface area contributed by atoms with E-state index >= 15 is 0 Å². The minimum absolute atomic E-state index is 0.309. The van der Waals surface area contributed by atoms with Gasteiger partial charge < -0.3 is 15.3 Å². The van der Waals surface area contributed by atoms with E-state index in [0.29, 0.717) is 5.92 Å². The first-order valence-electron chi connectivity index (χ1n) is 12.2. The maximum absolute atomic E-state index is 9.97. The Morgan fingerprint density at radius 3 is 2.61 bits per heavy atom. The second-order valence-electron chi connectivity index (χ2n) is 9.93. The van der Waals surface area contributed by atoms with E-state index in [0.717, 1.165) is 37.7 Å². The number of nitrogens with one attached hydrogen (secondary N) is 3. The van der Waals surface area contributed by atoms with Crippen molar-refractivity contribution in [3.05, 3.63) is 59.4 Å². The first-order valence-corrected chi connectivity index (χ1v) is 12.2. The number of nitrogens with zero attached hydrogens (tertiary/aromatic N) is 4. The van der Waals surface area contributed by atoms with Crippen LogP contribution >= 0.6 is 0 Å². The van der Waals surface area contributed by atoms with Crippen molar-refractivity contribution in [2.75, 3.05) is 19.6 Å². The van der Waals surface area contributed by atoms with Crippen LogP contribution in [0, 0.1) is 23.2 Å². The summed E-state index contributed by atoms with van der Waals surface area (Å²) in [6.45, 7) is 3.21. The summed E-state index contributed by atoms with van der Waals surface area (Å²) in [6.07, 6.45) is 10.6. The number of benzene rings is 1. The molecule has 1 aromatic carbocycles. The van der Waals surface area contributed by atoms with E-state index in [9.17, 15) is 5.26 Å². The maximum Gasteiger partial charge on any atom is 0.141 e. The highest BCUT2D eigenvalue weighted by Crippen LogP contribution is 2.41. The molecule has 0 spiro atoms. The number of hydrogen-bond acceptors (Lipinski definition) is 6. The van der Waals surface area contributed by atoms with Crippen LogP contribution in [-0.4, -0.2) is 40.9 Å². The van der Waals surface area contributed by atoms with Crippen molar-refractivity contribution in [2.45, 2.75) is 43.9 Å². The summed E-state index contributed by atoms with van der Waals surface area (Å²) in [5.74, 6) is 2.24. The molecular formula is C26H31N7. The van der Waals surface area contributed by atoms with Crippen LogP contribution in [0.15, 0.2) is 53.3 Å². The number of hydrogen-bond donors (Lipinski definition) is 3. The molecule has 7 heteroatoms. The Kier molecular flexibility index (Phi) is 5.20. The number of hydrazine groups is 2. The Morgan fingerprint density at radius 2 is 1.85 bits per heavy atom. The van der Waals surface area contributed by atoms with Crippen LogP contribution in [0.2, 0.25) is 0 Å². The van der Waals surface area contributed by atoms with Crippen LogP contribution in [0.4, 0.5) is 5.82 Å². The zero-order chi connectivity index (χ0) is 22.3. The number of fused-ring (bicyclic) bond motifs is 3. The third-order valence-electron chi connectivity index (χ3n) is 8.11. The van der Waals surface area contributed by atoms with Gasteiger partial charge >= 0.3 is 0 Å². The zero-order valence-electron chi connectivity index (χ0n) is 18.9. The van der Waals surface area contributed by atoms with Crippen molar-refractivity contribution in [2.24, 2.45) is 16.8 Å². The number of likely N-dealkylation sites (tertiary alicyclic amines) is 1. The molecule has 0 amide bonds. The maximum atomic E-state index is 9.97. The molecule has 0 radical (unpaired) electrons. The highest BCUT2D eigenvalue weighted by atomic mass is 15.7. The summed E-state index contributed by atoms with van der Waals surface area (Å²) in [5.41, 5.74) is 11.3. The monoisotopic (exact) mass is 441 g/mol. The second kappa shape index (κ2) is 8.36. The molecule has 0 atom stereocenters. The van der Waals surface area contributed by atoms with Gasteiger partial charge in [0.2, 0.25) is 0 Å². The number of rotatable bonds is 4.